The van der Waals surface area contributed by atoms with E-state index in [0.29, 0.717) is 19.4 Å². The molecular weight excluding hydrogens is 681 g/mol. The highest BCUT2D eigenvalue weighted by molar-refractivity contribution is 7.09. The number of nitrogens with two attached hydrogens (primary N) is 1. The van der Waals surface area contributed by atoms with Gasteiger partial charge in [0.05, 0.1) is 48.2 Å². The van der Waals surface area contributed by atoms with Crippen LogP contribution in [-0.2, 0) is 35.1 Å². The average Bonchev–Trinajstić information content (AvgIpc) is 3.83. The van der Waals surface area contributed by atoms with Crippen molar-refractivity contribution in [2.24, 2.45) is 23.5 Å². The zero-order chi connectivity index (χ0) is 38.7. The normalized spacial score (nSPS) is 18.9. The first-order chi connectivity index (χ1) is 24.5. The van der Waals surface area contributed by atoms with Gasteiger partial charge in [0.2, 0.25) is 23.6 Å². The van der Waals surface area contributed by atoms with Crippen LogP contribution >= 0.6 is 11.3 Å². The SMILES string of the molecule is CC[C@H](C)[C@@H](C(CC(=O)N1CCC[C@H]1[C@H](OC)C(C)C(=O)N[C@@H](Cc1ccccc1)c1nccs1)OC)N(C)C(=O)[C@@H](NC(=O)C(C)(C)N)C(C)C. The van der Waals surface area contributed by atoms with Gasteiger partial charge in [0.25, 0.3) is 0 Å². The molecule has 0 radical (unpaired) electrons. The maximum atomic E-state index is 14.2. The topological polar surface area (TPSA) is 156 Å². The summed E-state index contributed by atoms with van der Waals surface area (Å²) in [7, 11) is 4.86. The van der Waals surface area contributed by atoms with Crippen LogP contribution in [0.3, 0.4) is 0 Å². The van der Waals surface area contributed by atoms with Gasteiger partial charge in [-0.25, -0.2) is 4.98 Å². The van der Waals surface area contributed by atoms with Gasteiger partial charge in [0.1, 0.15) is 11.0 Å². The van der Waals surface area contributed by atoms with Crippen LogP contribution in [0.5, 0.6) is 0 Å². The maximum absolute atomic E-state index is 14.2. The molecule has 1 aromatic heterocycles. The van der Waals surface area contributed by atoms with E-state index in [2.05, 4.69) is 15.6 Å². The number of methoxy groups -OCH3 is 2. The summed E-state index contributed by atoms with van der Waals surface area (Å²) >= 11 is 1.50. The Bertz CT molecular complexity index is 1430. The lowest BCUT2D eigenvalue weighted by molar-refractivity contribution is -0.148. The number of carbonyl (C=O) groups excluding carboxylic acids is 4. The highest BCUT2D eigenvalue weighted by Crippen LogP contribution is 2.30. The number of hydrogen-bond acceptors (Lipinski definition) is 9. The van der Waals surface area contributed by atoms with Crippen molar-refractivity contribution in [2.75, 3.05) is 27.8 Å². The minimum atomic E-state index is -1.15. The van der Waals surface area contributed by atoms with Crippen molar-refractivity contribution in [3.8, 4) is 0 Å². The molecule has 2 heterocycles. The second-order valence-corrected chi connectivity index (χ2v) is 16.1. The first-order valence-corrected chi connectivity index (χ1v) is 19.4. The van der Waals surface area contributed by atoms with E-state index in [0.717, 1.165) is 23.4 Å². The molecule has 1 aliphatic rings. The van der Waals surface area contributed by atoms with Crippen molar-refractivity contribution >= 4 is 35.0 Å². The van der Waals surface area contributed by atoms with Gasteiger partial charge in [-0.05, 0) is 50.5 Å². The number of aromatic nitrogens is 1. The lowest BCUT2D eigenvalue weighted by atomic mass is 9.89. The van der Waals surface area contributed by atoms with Gasteiger partial charge in [0.15, 0.2) is 0 Å². The Morgan fingerprint density at radius 1 is 1.08 bits per heavy atom. The van der Waals surface area contributed by atoms with Crippen LogP contribution in [0.2, 0.25) is 0 Å². The van der Waals surface area contributed by atoms with Crippen molar-refractivity contribution in [1.29, 1.82) is 0 Å². The van der Waals surface area contributed by atoms with E-state index >= 15 is 0 Å². The first kappa shape index (κ1) is 43.0. The van der Waals surface area contributed by atoms with E-state index in [9.17, 15) is 19.2 Å². The largest absolute Gasteiger partial charge is 0.379 e. The summed E-state index contributed by atoms with van der Waals surface area (Å²) in [5.74, 6) is -1.76. The molecular formula is C39H62N6O6S. The number of thiazole rings is 1. The lowest BCUT2D eigenvalue weighted by Gasteiger charge is -2.41. The van der Waals surface area contributed by atoms with Gasteiger partial charge in [0, 0.05) is 39.4 Å². The molecule has 0 bridgehead atoms. The molecule has 13 heteroatoms. The monoisotopic (exact) mass is 742 g/mol. The van der Waals surface area contributed by atoms with Gasteiger partial charge in [-0.15, -0.1) is 11.3 Å². The van der Waals surface area contributed by atoms with E-state index < -0.39 is 41.7 Å². The number of ether oxygens (including phenoxy) is 2. The fraction of sp³-hybridized carbons (Fsp3) is 0.667. The summed E-state index contributed by atoms with van der Waals surface area (Å²) in [6.07, 6.45) is 3.42. The van der Waals surface area contributed by atoms with Crippen LogP contribution in [0.1, 0.15) is 90.8 Å². The minimum Gasteiger partial charge on any atom is -0.379 e. The van der Waals surface area contributed by atoms with Crippen molar-refractivity contribution < 1.29 is 28.7 Å². The molecule has 2 unspecified atom stereocenters. The zero-order valence-electron chi connectivity index (χ0n) is 32.8. The molecule has 4 amide bonds. The van der Waals surface area contributed by atoms with Gasteiger partial charge >= 0.3 is 0 Å². The zero-order valence-corrected chi connectivity index (χ0v) is 33.6. The number of likely N-dealkylation sites (tertiary alicyclic amines) is 1. The van der Waals surface area contributed by atoms with Crippen LogP contribution in [0.4, 0.5) is 0 Å². The number of amides is 4. The van der Waals surface area contributed by atoms with Crippen LogP contribution in [0.25, 0.3) is 0 Å². The molecule has 0 aliphatic carbocycles. The smallest absolute Gasteiger partial charge is 0.245 e. The maximum Gasteiger partial charge on any atom is 0.245 e. The van der Waals surface area contributed by atoms with E-state index in [1.165, 1.54) is 11.3 Å². The fourth-order valence-electron chi connectivity index (χ4n) is 7.13. The van der Waals surface area contributed by atoms with Crippen LogP contribution in [0.15, 0.2) is 41.9 Å². The van der Waals surface area contributed by atoms with Gasteiger partial charge in [-0.3, -0.25) is 19.2 Å². The number of nitrogens with one attached hydrogen (secondary N) is 2. The molecule has 1 fully saturated rings. The molecule has 0 saturated carbocycles. The standard InChI is InChI=1S/C39H62N6O6S/c1-11-25(4)33(44(8)37(48)32(24(2)3)43-38(49)39(6,7)40)30(50-9)23-31(46)45-20-15-18-29(45)34(51-10)26(5)35(47)42-28(36-41-19-21-52-36)22-27-16-13-12-14-17-27/h12-14,16-17,19,21,24-26,28-30,32-34H,11,15,18,20,22-23,40H2,1-10H3,(H,42,47)(H,43,49)/t25-,26?,28-,29-,30?,32-,33-,34+/m0/s1. The number of likely N-dealkylation sites (N-methyl/N-ethyl adjacent to an activating group) is 1. The lowest BCUT2D eigenvalue weighted by Crippen LogP contribution is -2.60. The number of rotatable bonds is 19. The van der Waals surface area contributed by atoms with E-state index in [4.69, 9.17) is 15.2 Å². The van der Waals surface area contributed by atoms with Gasteiger partial charge in [-0.1, -0.05) is 71.4 Å². The molecule has 290 valence electrons. The Labute approximate surface area is 314 Å². The van der Waals surface area contributed by atoms with Crippen molar-refractivity contribution in [3.63, 3.8) is 0 Å². The first-order valence-electron chi connectivity index (χ1n) is 18.5. The molecule has 1 aromatic carbocycles. The molecule has 52 heavy (non-hydrogen) atoms. The number of carbonyl (C=O) groups is 4. The van der Waals surface area contributed by atoms with Gasteiger partial charge in [-0.2, -0.15) is 0 Å². The molecule has 2 aromatic rings. The van der Waals surface area contributed by atoms with E-state index in [1.807, 2.05) is 75.2 Å². The van der Waals surface area contributed by atoms with Crippen molar-refractivity contribution in [1.82, 2.24) is 25.4 Å². The van der Waals surface area contributed by atoms with Crippen LogP contribution in [-0.4, -0.2) is 102 Å². The predicted molar refractivity (Wildman–Crippen MR) is 204 cm³/mol. The molecule has 8 atom stereocenters. The third-order valence-corrected chi connectivity index (χ3v) is 11.3. The van der Waals surface area contributed by atoms with Crippen LogP contribution in [0, 0.1) is 17.8 Å². The number of hydrogen-bond donors (Lipinski definition) is 3. The molecule has 3 rings (SSSR count). The fourth-order valence-corrected chi connectivity index (χ4v) is 7.82. The Morgan fingerprint density at radius 2 is 1.75 bits per heavy atom. The highest BCUT2D eigenvalue weighted by Gasteiger charge is 2.43. The molecule has 1 saturated heterocycles. The van der Waals surface area contributed by atoms with Gasteiger partial charge < -0.3 is 35.6 Å². The summed E-state index contributed by atoms with van der Waals surface area (Å²) in [6, 6.07) is 8.11. The summed E-state index contributed by atoms with van der Waals surface area (Å²) in [4.78, 5) is 62.8. The Morgan fingerprint density at radius 3 is 2.29 bits per heavy atom. The summed E-state index contributed by atoms with van der Waals surface area (Å²) in [5.41, 5.74) is 5.97. The van der Waals surface area contributed by atoms with Crippen LogP contribution < -0.4 is 16.4 Å². The Kier molecular flexibility index (Phi) is 16.2. The number of nitrogens with zero attached hydrogens (tertiary/aromatic N) is 3. The Hall–Kier alpha value is -3.39. The quantitative estimate of drug-likeness (QED) is 0.192. The second-order valence-electron chi connectivity index (χ2n) is 15.1. The van der Waals surface area contributed by atoms with Crippen molar-refractivity contribution in [3.05, 3.63) is 52.5 Å². The van der Waals surface area contributed by atoms with E-state index in [-0.39, 0.29) is 48.1 Å². The van der Waals surface area contributed by atoms with Crippen molar-refractivity contribution in [2.45, 2.75) is 122 Å². The summed E-state index contributed by atoms with van der Waals surface area (Å²) in [5, 5.41) is 8.79. The summed E-state index contributed by atoms with van der Waals surface area (Å²) < 4.78 is 12.0. The average molecular weight is 743 g/mol. The molecule has 12 nitrogen and oxygen atoms in total. The number of benzene rings is 1. The summed E-state index contributed by atoms with van der Waals surface area (Å²) in [6.45, 7) is 13.4. The second kappa shape index (κ2) is 19.6. The Balaban J connectivity index is 1.78. The minimum absolute atomic E-state index is 0.0207. The third kappa shape index (κ3) is 11.1. The van der Waals surface area contributed by atoms with E-state index in [1.54, 1.807) is 46.2 Å². The molecule has 0 spiro atoms. The predicted octanol–water partition coefficient (Wildman–Crippen LogP) is 4.34. The highest BCUT2D eigenvalue weighted by atomic mass is 32.1. The molecule has 1 aliphatic heterocycles. The molecule has 4 N–H and O–H groups in total. The third-order valence-electron chi connectivity index (χ3n) is 10.4.